The highest BCUT2D eigenvalue weighted by Crippen LogP contribution is 2.00. The van der Waals surface area contributed by atoms with E-state index in [0.717, 1.165) is 25.4 Å². The first-order valence-corrected chi connectivity index (χ1v) is 5.57. The highest BCUT2D eigenvalue weighted by Gasteiger charge is 1.97. The second-order valence-electron chi connectivity index (χ2n) is 3.95. The second-order valence-corrected chi connectivity index (χ2v) is 3.95. The van der Waals surface area contributed by atoms with Crippen molar-refractivity contribution in [3.8, 4) is 0 Å². The molecule has 0 bridgehead atoms. The van der Waals surface area contributed by atoms with E-state index >= 15 is 0 Å². The maximum Gasteiger partial charge on any atom is -0.000824 e. The number of rotatable bonds is 6. The summed E-state index contributed by atoms with van der Waals surface area (Å²) >= 11 is 0. The first-order valence-electron chi connectivity index (χ1n) is 5.57. The van der Waals surface area contributed by atoms with Crippen LogP contribution < -0.4 is 5.32 Å². The SMILES string of the molecule is CCC(C)CNCCc1ccccc1. The van der Waals surface area contributed by atoms with Gasteiger partial charge in [0.25, 0.3) is 0 Å². The molecule has 0 aliphatic rings. The van der Waals surface area contributed by atoms with Gasteiger partial charge in [-0.2, -0.15) is 0 Å². The summed E-state index contributed by atoms with van der Waals surface area (Å²) in [6.07, 6.45) is 2.40. The molecule has 1 heteroatoms. The van der Waals surface area contributed by atoms with Gasteiger partial charge in [0.15, 0.2) is 0 Å². The molecule has 0 radical (unpaired) electrons. The van der Waals surface area contributed by atoms with Crippen LogP contribution in [-0.2, 0) is 6.42 Å². The van der Waals surface area contributed by atoms with Crippen LogP contribution in [0.3, 0.4) is 0 Å². The van der Waals surface area contributed by atoms with Crippen LogP contribution >= 0.6 is 0 Å². The minimum Gasteiger partial charge on any atom is -0.316 e. The lowest BCUT2D eigenvalue weighted by molar-refractivity contribution is 0.502. The summed E-state index contributed by atoms with van der Waals surface area (Å²) in [4.78, 5) is 0. The van der Waals surface area contributed by atoms with Crippen molar-refractivity contribution in [3.63, 3.8) is 0 Å². The summed E-state index contributed by atoms with van der Waals surface area (Å²) in [5.74, 6) is 0.797. The van der Waals surface area contributed by atoms with Crippen LogP contribution in [0.4, 0.5) is 0 Å². The van der Waals surface area contributed by atoms with Gasteiger partial charge in [-0.1, -0.05) is 50.6 Å². The molecule has 0 aromatic heterocycles. The molecule has 0 spiro atoms. The fourth-order valence-corrected chi connectivity index (χ4v) is 1.37. The molecule has 0 saturated carbocycles. The molecule has 0 fully saturated rings. The number of hydrogen-bond acceptors (Lipinski definition) is 1. The Labute approximate surface area is 87.5 Å². The largest absolute Gasteiger partial charge is 0.316 e. The molecule has 1 unspecified atom stereocenters. The van der Waals surface area contributed by atoms with E-state index in [0.29, 0.717) is 0 Å². The molecule has 78 valence electrons. The van der Waals surface area contributed by atoms with Gasteiger partial charge >= 0.3 is 0 Å². The van der Waals surface area contributed by atoms with E-state index < -0.39 is 0 Å². The molecule has 1 nitrogen and oxygen atoms in total. The minimum absolute atomic E-state index is 0.797. The fraction of sp³-hybridized carbons (Fsp3) is 0.538. The van der Waals surface area contributed by atoms with E-state index in [-0.39, 0.29) is 0 Å². The predicted molar refractivity (Wildman–Crippen MR) is 62.5 cm³/mol. The lowest BCUT2D eigenvalue weighted by Crippen LogP contribution is -2.23. The molecule has 0 aliphatic carbocycles. The van der Waals surface area contributed by atoms with Gasteiger partial charge in [0.2, 0.25) is 0 Å². The zero-order valence-corrected chi connectivity index (χ0v) is 9.29. The summed E-state index contributed by atoms with van der Waals surface area (Å²) in [6.45, 7) is 6.76. The third-order valence-corrected chi connectivity index (χ3v) is 2.62. The standard InChI is InChI=1S/C13H21N/c1-3-12(2)11-14-10-9-13-7-5-4-6-8-13/h4-8,12,14H,3,9-11H2,1-2H3. The summed E-state index contributed by atoms with van der Waals surface area (Å²) < 4.78 is 0. The molecule has 0 saturated heterocycles. The van der Waals surface area contributed by atoms with Crippen LogP contribution in [0.1, 0.15) is 25.8 Å². The fourth-order valence-electron chi connectivity index (χ4n) is 1.37. The molecule has 0 aliphatic heterocycles. The van der Waals surface area contributed by atoms with Crippen LogP contribution in [0.25, 0.3) is 0 Å². The number of benzene rings is 1. The third kappa shape index (κ3) is 4.43. The number of hydrogen-bond donors (Lipinski definition) is 1. The Kier molecular flexibility index (Phi) is 5.31. The van der Waals surface area contributed by atoms with Crippen molar-refractivity contribution >= 4 is 0 Å². The average molecular weight is 191 g/mol. The molecule has 1 N–H and O–H groups in total. The van der Waals surface area contributed by atoms with E-state index in [1.165, 1.54) is 12.0 Å². The Morgan fingerprint density at radius 1 is 1.21 bits per heavy atom. The Morgan fingerprint density at radius 3 is 2.57 bits per heavy atom. The Balaban J connectivity index is 2.10. The third-order valence-electron chi connectivity index (χ3n) is 2.62. The minimum atomic E-state index is 0.797. The van der Waals surface area contributed by atoms with Gasteiger partial charge in [0, 0.05) is 0 Å². The molecule has 1 aromatic carbocycles. The molecular weight excluding hydrogens is 170 g/mol. The summed E-state index contributed by atoms with van der Waals surface area (Å²) in [6, 6.07) is 10.6. The van der Waals surface area contributed by atoms with Crippen LogP contribution in [0.15, 0.2) is 30.3 Å². The summed E-state index contributed by atoms with van der Waals surface area (Å²) in [7, 11) is 0. The van der Waals surface area contributed by atoms with E-state index in [1.54, 1.807) is 0 Å². The monoisotopic (exact) mass is 191 g/mol. The van der Waals surface area contributed by atoms with E-state index in [4.69, 9.17) is 0 Å². The number of nitrogens with one attached hydrogen (secondary N) is 1. The van der Waals surface area contributed by atoms with E-state index in [9.17, 15) is 0 Å². The van der Waals surface area contributed by atoms with Crippen molar-refractivity contribution in [1.82, 2.24) is 5.32 Å². The van der Waals surface area contributed by atoms with Gasteiger partial charge in [-0.25, -0.2) is 0 Å². The van der Waals surface area contributed by atoms with Crippen molar-refractivity contribution in [2.24, 2.45) is 5.92 Å². The topological polar surface area (TPSA) is 12.0 Å². The van der Waals surface area contributed by atoms with Gasteiger partial charge in [-0.15, -0.1) is 0 Å². The zero-order valence-electron chi connectivity index (χ0n) is 9.29. The van der Waals surface area contributed by atoms with Crippen LogP contribution in [0.5, 0.6) is 0 Å². The Hall–Kier alpha value is -0.820. The molecular formula is C13H21N. The molecule has 1 aromatic rings. The second kappa shape index (κ2) is 6.61. The Morgan fingerprint density at radius 2 is 1.93 bits per heavy atom. The van der Waals surface area contributed by atoms with Crippen molar-refractivity contribution in [3.05, 3.63) is 35.9 Å². The smallest absolute Gasteiger partial charge is 0.000824 e. The van der Waals surface area contributed by atoms with Gasteiger partial charge in [0.1, 0.15) is 0 Å². The maximum absolute atomic E-state index is 3.48. The first-order chi connectivity index (χ1) is 6.83. The maximum atomic E-state index is 3.48. The first kappa shape index (κ1) is 11.3. The quantitative estimate of drug-likeness (QED) is 0.682. The molecule has 0 amide bonds. The zero-order chi connectivity index (χ0) is 10.2. The molecule has 1 atom stereocenters. The summed E-state index contributed by atoms with van der Waals surface area (Å²) in [5, 5.41) is 3.48. The predicted octanol–water partition coefficient (Wildman–Crippen LogP) is 2.86. The van der Waals surface area contributed by atoms with Crippen molar-refractivity contribution < 1.29 is 0 Å². The molecule has 14 heavy (non-hydrogen) atoms. The van der Waals surface area contributed by atoms with E-state index in [1.807, 2.05) is 0 Å². The molecule has 1 rings (SSSR count). The summed E-state index contributed by atoms with van der Waals surface area (Å²) in [5.41, 5.74) is 1.42. The lowest BCUT2D eigenvalue weighted by Gasteiger charge is -2.09. The van der Waals surface area contributed by atoms with Gasteiger partial charge < -0.3 is 5.32 Å². The highest BCUT2D eigenvalue weighted by atomic mass is 14.8. The van der Waals surface area contributed by atoms with Crippen LogP contribution in [0.2, 0.25) is 0 Å². The van der Waals surface area contributed by atoms with Crippen LogP contribution in [0, 0.1) is 5.92 Å². The van der Waals surface area contributed by atoms with Crippen molar-refractivity contribution in [2.45, 2.75) is 26.7 Å². The van der Waals surface area contributed by atoms with Crippen molar-refractivity contribution in [1.29, 1.82) is 0 Å². The van der Waals surface area contributed by atoms with Gasteiger partial charge in [-0.05, 0) is 31.0 Å². The Bertz CT molecular complexity index is 230. The lowest BCUT2D eigenvalue weighted by atomic mass is 10.1. The van der Waals surface area contributed by atoms with Gasteiger partial charge in [-0.3, -0.25) is 0 Å². The van der Waals surface area contributed by atoms with E-state index in [2.05, 4.69) is 49.5 Å². The normalized spacial score (nSPS) is 12.7. The highest BCUT2D eigenvalue weighted by molar-refractivity contribution is 5.14. The van der Waals surface area contributed by atoms with Crippen LogP contribution in [-0.4, -0.2) is 13.1 Å². The van der Waals surface area contributed by atoms with Crippen molar-refractivity contribution in [2.75, 3.05) is 13.1 Å². The molecule has 0 heterocycles. The average Bonchev–Trinajstić information content (AvgIpc) is 2.25. The van der Waals surface area contributed by atoms with Gasteiger partial charge in [0.05, 0.1) is 0 Å².